The summed E-state index contributed by atoms with van der Waals surface area (Å²) in [6.07, 6.45) is -2.11. The van der Waals surface area contributed by atoms with Crippen LogP contribution in [0.4, 0.5) is 22.0 Å². The van der Waals surface area contributed by atoms with Gasteiger partial charge in [0.05, 0.1) is 35.5 Å². The number of hydrogen-bond donors (Lipinski definition) is 3. The summed E-state index contributed by atoms with van der Waals surface area (Å²) in [5.41, 5.74) is -1.41. The molecule has 2 aromatic heterocycles. The lowest BCUT2D eigenvalue weighted by atomic mass is 9.79. The maximum Gasteiger partial charge on any atom is 0.248 e. The zero-order chi connectivity index (χ0) is 31.3. The molecule has 0 amide bonds. The average Bonchev–Trinajstić information content (AvgIpc) is 3.58. The van der Waals surface area contributed by atoms with Gasteiger partial charge in [-0.15, -0.1) is 16.9 Å². The fourth-order valence-electron chi connectivity index (χ4n) is 5.81. The number of ether oxygens (including phenoxy) is 2. The molecule has 5 rings (SSSR count). The number of rotatable bonds is 8. The van der Waals surface area contributed by atoms with E-state index in [1.807, 2.05) is 0 Å². The van der Waals surface area contributed by atoms with Crippen molar-refractivity contribution in [3.8, 4) is 11.3 Å². The second-order valence-electron chi connectivity index (χ2n) is 11.1. The molecule has 3 aromatic rings. The molecule has 236 valence electrons. The quantitative estimate of drug-likeness (QED) is 0.253. The number of aryl methyl sites for hydroxylation is 2. The summed E-state index contributed by atoms with van der Waals surface area (Å²) in [6, 6.07) is 0.444. The van der Waals surface area contributed by atoms with E-state index in [9.17, 15) is 37.3 Å². The molecule has 2 aliphatic rings. The first-order valence-corrected chi connectivity index (χ1v) is 14.5. The van der Waals surface area contributed by atoms with Crippen molar-refractivity contribution >= 4 is 11.8 Å². The van der Waals surface area contributed by atoms with Gasteiger partial charge in [0, 0.05) is 32.6 Å². The Hall–Kier alpha value is -2.63. The second-order valence-corrected chi connectivity index (χ2v) is 12.3. The fourth-order valence-corrected chi connectivity index (χ4v) is 7.66. The summed E-state index contributed by atoms with van der Waals surface area (Å²) < 4.78 is 84.2. The molecule has 0 radical (unpaired) electrons. The molecule has 16 heteroatoms. The summed E-state index contributed by atoms with van der Waals surface area (Å²) in [6.45, 7) is 1.17. The Labute approximate surface area is 247 Å². The molecule has 1 unspecified atom stereocenters. The number of aliphatic hydroxyl groups excluding tert-OH is 2. The highest BCUT2D eigenvalue weighted by Crippen LogP contribution is 2.53. The van der Waals surface area contributed by atoms with E-state index >= 15 is 0 Å². The topological polar surface area (TPSA) is 128 Å². The minimum atomic E-state index is -2.91. The van der Waals surface area contributed by atoms with Gasteiger partial charge in [-0.2, -0.15) is 5.10 Å². The van der Waals surface area contributed by atoms with Gasteiger partial charge >= 0.3 is 0 Å². The standard InChI is InChI=1S/C27H32F5N5O5S/c1-13-10-33-36(2)20(13)24(26(40)4-6-27(31,32)7-5-26)43-25-23(41-3)21(22(39)18(12-38)42-25)37-11-17(34-35-37)14-8-15(28)19(30)16(29)9-14/h8-11,18,21-25,38-40H,4-7,12H2,1-3H3/t18-,21+,22+,23-,24?,25+/m1/s1. The van der Waals surface area contributed by atoms with Gasteiger partial charge in [-0.3, -0.25) is 4.68 Å². The van der Waals surface area contributed by atoms with Crippen molar-refractivity contribution < 1.29 is 46.7 Å². The number of thioether (sulfide) groups is 1. The predicted molar refractivity (Wildman–Crippen MR) is 144 cm³/mol. The molecule has 1 aliphatic heterocycles. The minimum absolute atomic E-state index is 0.0306. The first-order valence-electron chi connectivity index (χ1n) is 13.6. The Morgan fingerprint density at radius 1 is 1.16 bits per heavy atom. The number of hydrogen-bond acceptors (Lipinski definition) is 9. The summed E-state index contributed by atoms with van der Waals surface area (Å²) in [5, 5.41) is 44.5. The van der Waals surface area contributed by atoms with Crippen LogP contribution in [-0.2, 0) is 16.5 Å². The van der Waals surface area contributed by atoms with Crippen molar-refractivity contribution in [2.24, 2.45) is 7.05 Å². The molecule has 3 N–H and O–H groups in total. The van der Waals surface area contributed by atoms with Gasteiger partial charge in [-0.25, -0.2) is 26.6 Å². The van der Waals surface area contributed by atoms with Crippen LogP contribution >= 0.6 is 11.8 Å². The molecule has 1 aliphatic carbocycles. The number of nitrogens with zero attached hydrogens (tertiary/aromatic N) is 5. The molecule has 1 saturated heterocycles. The van der Waals surface area contributed by atoms with Crippen LogP contribution in [-0.4, -0.2) is 89.1 Å². The second kappa shape index (κ2) is 12.0. The maximum atomic E-state index is 14.1. The van der Waals surface area contributed by atoms with Crippen LogP contribution in [0.25, 0.3) is 11.3 Å². The Balaban J connectivity index is 1.51. The van der Waals surface area contributed by atoms with E-state index < -0.39 is 83.5 Å². The molecule has 3 heterocycles. The third-order valence-corrected chi connectivity index (χ3v) is 9.81. The Kier molecular flexibility index (Phi) is 8.90. The van der Waals surface area contributed by atoms with E-state index in [4.69, 9.17) is 9.47 Å². The summed E-state index contributed by atoms with van der Waals surface area (Å²) in [7, 11) is 3.02. The van der Waals surface area contributed by atoms with Crippen LogP contribution in [0.5, 0.6) is 0 Å². The van der Waals surface area contributed by atoms with Gasteiger partial charge in [0.1, 0.15) is 35.5 Å². The molecule has 2 fully saturated rings. The first kappa shape index (κ1) is 31.8. The molecule has 10 nitrogen and oxygen atoms in total. The zero-order valence-electron chi connectivity index (χ0n) is 23.5. The zero-order valence-corrected chi connectivity index (χ0v) is 24.3. The van der Waals surface area contributed by atoms with Gasteiger partial charge in [0.25, 0.3) is 0 Å². The molecule has 6 atom stereocenters. The molecule has 0 spiro atoms. The van der Waals surface area contributed by atoms with Crippen LogP contribution in [0.1, 0.15) is 48.2 Å². The van der Waals surface area contributed by atoms with Crippen LogP contribution in [0.3, 0.4) is 0 Å². The lowest BCUT2D eigenvalue weighted by Crippen LogP contribution is -2.56. The maximum absolute atomic E-state index is 14.1. The van der Waals surface area contributed by atoms with Crippen molar-refractivity contribution in [2.75, 3.05) is 13.7 Å². The van der Waals surface area contributed by atoms with E-state index in [0.717, 1.165) is 23.9 Å². The smallest absolute Gasteiger partial charge is 0.248 e. The number of aliphatic hydroxyl groups is 3. The highest BCUT2D eigenvalue weighted by Gasteiger charge is 2.53. The minimum Gasteiger partial charge on any atom is -0.394 e. The van der Waals surface area contributed by atoms with Gasteiger partial charge < -0.3 is 24.8 Å². The average molecular weight is 634 g/mol. The molecule has 0 bridgehead atoms. The number of alkyl halides is 2. The van der Waals surface area contributed by atoms with Crippen molar-refractivity contribution in [1.29, 1.82) is 0 Å². The first-order chi connectivity index (χ1) is 20.3. The van der Waals surface area contributed by atoms with E-state index in [-0.39, 0.29) is 24.1 Å². The van der Waals surface area contributed by atoms with Crippen LogP contribution in [0, 0.1) is 24.4 Å². The van der Waals surface area contributed by atoms with E-state index in [0.29, 0.717) is 11.3 Å². The van der Waals surface area contributed by atoms with Gasteiger partial charge in [-0.1, -0.05) is 5.21 Å². The SMILES string of the molecule is CO[C@@H]1[C@@H](n2cc(-c3cc(F)c(F)c(F)c3)nn2)[C@@H](O)[C@@H](CO)O[C@H]1SC(c1c(C)cnn1C)C1(O)CCC(F)(F)CC1. The lowest BCUT2D eigenvalue weighted by Gasteiger charge is -2.47. The van der Waals surface area contributed by atoms with Gasteiger partial charge in [0.2, 0.25) is 5.92 Å². The summed E-state index contributed by atoms with van der Waals surface area (Å²) in [4.78, 5) is 0. The van der Waals surface area contributed by atoms with Crippen molar-refractivity contribution in [3.63, 3.8) is 0 Å². The van der Waals surface area contributed by atoms with Gasteiger partial charge in [0.15, 0.2) is 17.5 Å². The van der Waals surface area contributed by atoms with E-state index in [1.54, 1.807) is 24.9 Å². The highest BCUT2D eigenvalue weighted by atomic mass is 32.2. The van der Waals surface area contributed by atoms with Crippen molar-refractivity contribution in [2.45, 2.75) is 79.2 Å². The predicted octanol–water partition coefficient (Wildman–Crippen LogP) is 3.45. The molecule has 1 aromatic carbocycles. The Morgan fingerprint density at radius 3 is 2.37 bits per heavy atom. The normalized spacial score (nSPS) is 27.7. The largest absolute Gasteiger partial charge is 0.394 e. The van der Waals surface area contributed by atoms with Gasteiger partial charge in [-0.05, 0) is 37.5 Å². The third kappa shape index (κ3) is 6.04. The van der Waals surface area contributed by atoms with Crippen LogP contribution in [0.15, 0.2) is 24.5 Å². The van der Waals surface area contributed by atoms with Crippen LogP contribution < -0.4 is 0 Å². The lowest BCUT2D eigenvalue weighted by molar-refractivity contribution is -0.186. The van der Waals surface area contributed by atoms with E-state index in [2.05, 4.69) is 15.4 Å². The Bertz CT molecular complexity index is 1400. The molecule has 1 saturated carbocycles. The highest BCUT2D eigenvalue weighted by molar-refractivity contribution is 8.00. The number of halogens is 5. The monoisotopic (exact) mass is 633 g/mol. The number of methoxy groups -OCH3 is 1. The number of benzene rings is 1. The molecule has 43 heavy (non-hydrogen) atoms. The molecular formula is C27H32F5N5O5S. The van der Waals surface area contributed by atoms with Crippen LogP contribution in [0.2, 0.25) is 0 Å². The summed E-state index contributed by atoms with van der Waals surface area (Å²) >= 11 is 1.09. The fraction of sp³-hybridized carbons (Fsp3) is 0.593. The number of aromatic nitrogens is 5. The van der Waals surface area contributed by atoms with E-state index in [1.165, 1.54) is 18.0 Å². The molecular weight excluding hydrogens is 601 g/mol. The van der Waals surface area contributed by atoms with Crippen molar-refractivity contribution in [1.82, 2.24) is 24.8 Å². The van der Waals surface area contributed by atoms with Crippen molar-refractivity contribution in [3.05, 3.63) is 53.2 Å². The third-order valence-electron chi connectivity index (χ3n) is 8.22. The Morgan fingerprint density at radius 2 is 1.81 bits per heavy atom. The summed E-state index contributed by atoms with van der Waals surface area (Å²) in [5.74, 6) is -7.38.